The second-order valence-electron chi connectivity index (χ2n) is 4.48. The Morgan fingerprint density at radius 1 is 1.25 bits per heavy atom. The van der Waals surface area contributed by atoms with Crippen LogP contribution in [0.2, 0.25) is 0 Å². The van der Waals surface area contributed by atoms with E-state index in [0.29, 0.717) is 17.7 Å². The van der Waals surface area contributed by atoms with E-state index in [1.165, 1.54) is 12.1 Å². The van der Waals surface area contributed by atoms with Crippen molar-refractivity contribution in [1.29, 1.82) is 0 Å². The van der Waals surface area contributed by atoms with Crippen LogP contribution >= 0.6 is 0 Å². The Morgan fingerprint density at radius 3 is 2.44 bits per heavy atom. The molecule has 0 unspecified atom stereocenters. The second-order valence-corrected chi connectivity index (χ2v) is 4.48. The summed E-state index contributed by atoms with van der Waals surface area (Å²) in [5, 5.41) is 0. The zero-order chi connectivity index (χ0) is 11.3. The topological polar surface area (TPSA) is 9.23 Å². The Morgan fingerprint density at radius 2 is 1.88 bits per heavy atom. The second kappa shape index (κ2) is 4.65. The van der Waals surface area contributed by atoms with Gasteiger partial charge in [-0.3, -0.25) is 0 Å². The molecule has 82 valence electrons. The van der Waals surface area contributed by atoms with Gasteiger partial charge >= 0.3 is 58.4 Å². The van der Waals surface area contributed by atoms with Crippen LogP contribution in [0, 0.1) is 0 Å². The van der Waals surface area contributed by atoms with Crippen LogP contribution in [0.5, 0.6) is 5.75 Å². The fraction of sp³-hybridized carbons (Fsp3) is 0.400. The number of halogens is 3. The number of benzene rings is 1. The molecular formula is C10H11BF3KO. The van der Waals surface area contributed by atoms with Crippen LogP contribution in [-0.2, 0) is 6.42 Å². The average molecular weight is 254 g/mol. The molecular weight excluding hydrogens is 243 g/mol. The summed E-state index contributed by atoms with van der Waals surface area (Å²) in [7, 11) is 0. The largest absolute Gasteiger partial charge is 1.00 e. The molecule has 1 nitrogen and oxygen atoms in total. The SMILES string of the molecule is CC1(C)Cc2cc([B-](F)(F)F)ccc2O1.[K+]. The van der Waals surface area contributed by atoms with E-state index in [-0.39, 0.29) is 57.0 Å². The Bertz CT molecular complexity index is 404. The van der Waals surface area contributed by atoms with Gasteiger partial charge in [-0.2, -0.15) is 0 Å². The van der Waals surface area contributed by atoms with Crippen molar-refractivity contribution in [3.63, 3.8) is 0 Å². The molecule has 6 heteroatoms. The summed E-state index contributed by atoms with van der Waals surface area (Å²) in [5.41, 5.74) is -0.286. The van der Waals surface area contributed by atoms with Gasteiger partial charge in [0.15, 0.2) is 0 Å². The van der Waals surface area contributed by atoms with E-state index in [4.69, 9.17) is 4.74 Å². The molecule has 0 fully saturated rings. The summed E-state index contributed by atoms with van der Waals surface area (Å²) in [6, 6.07) is 3.69. The Balaban J connectivity index is 0.00000128. The maximum Gasteiger partial charge on any atom is 1.00 e. The van der Waals surface area contributed by atoms with E-state index in [1.54, 1.807) is 0 Å². The third-order valence-corrected chi connectivity index (χ3v) is 2.46. The first-order chi connectivity index (χ1) is 6.78. The quantitative estimate of drug-likeness (QED) is 0.611. The van der Waals surface area contributed by atoms with Gasteiger partial charge in [0, 0.05) is 6.42 Å². The predicted molar refractivity (Wildman–Crippen MR) is 53.6 cm³/mol. The molecule has 2 rings (SSSR count). The molecule has 1 aromatic carbocycles. The summed E-state index contributed by atoms with van der Waals surface area (Å²) in [5.74, 6) is 0.573. The minimum Gasteiger partial charge on any atom is -0.487 e. The monoisotopic (exact) mass is 254 g/mol. The first-order valence-corrected chi connectivity index (χ1v) is 4.80. The van der Waals surface area contributed by atoms with Gasteiger partial charge in [-0.05, 0) is 25.5 Å². The van der Waals surface area contributed by atoms with Crippen LogP contribution in [0.1, 0.15) is 19.4 Å². The van der Waals surface area contributed by atoms with Gasteiger partial charge in [0.25, 0.3) is 0 Å². The fourth-order valence-electron chi connectivity index (χ4n) is 1.83. The van der Waals surface area contributed by atoms with Crippen molar-refractivity contribution in [1.82, 2.24) is 0 Å². The number of fused-ring (bicyclic) bond motifs is 1. The van der Waals surface area contributed by atoms with E-state index >= 15 is 0 Å². The van der Waals surface area contributed by atoms with Gasteiger partial charge in [0.1, 0.15) is 11.4 Å². The van der Waals surface area contributed by atoms with Crippen molar-refractivity contribution in [2.75, 3.05) is 0 Å². The molecule has 0 spiro atoms. The van der Waals surface area contributed by atoms with Crippen molar-refractivity contribution in [2.45, 2.75) is 25.9 Å². The third kappa shape index (κ3) is 3.04. The van der Waals surface area contributed by atoms with Gasteiger partial charge in [0.2, 0.25) is 0 Å². The minimum absolute atomic E-state index is 0. The Labute approximate surface area is 135 Å². The number of hydrogen-bond donors (Lipinski definition) is 0. The third-order valence-electron chi connectivity index (χ3n) is 2.46. The smallest absolute Gasteiger partial charge is 0.487 e. The first kappa shape index (κ1) is 14.6. The molecule has 0 N–H and O–H groups in total. The zero-order valence-corrected chi connectivity index (χ0v) is 12.7. The molecule has 0 bridgehead atoms. The van der Waals surface area contributed by atoms with Gasteiger partial charge in [0.05, 0.1) is 0 Å². The van der Waals surface area contributed by atoms with Crippen molar-refractivity contribution in [2.24, 2.45) is 0 Å². The maximum absolute atomic E-state index is 12.5. The van der Waals surface area contributed by atoms with Gasteiger partial charge < -0.3 is 17.7 Å². The molecule has 1 aliphatic heterocycles. The molecule has 1 aromatic rings. The summed E-state index contributed by atoms with van der Waals surface area (Å²) in [4.78, 5) is 0. The van der Waals surface area contributed by atoms with Crippen LogP contribution < -0.4 is 61.6 Å². The van der Waals surface area contributed by atoms with E-state index in [2.05, 4.69) is 0 Å². The van der Waals surface area contributed by atoms with Gasteiger partial charge in [-0.15, -0.1) is 5.46 Å². The van der Waals surface area contributed by atoms with Crippen LogP contribution in [0.15, 0.2) is 18.2 Å². The molecule has 0 aromatic heterocycles. The van der Waals surface area contributed by atoms with Crippen LogP contribution in [0.4, 0.5) is 12.9 Å². The van der Waals surface area contributed by atoms with Gasteiger partial charge in [-0.25, -0.2) is 0 Å². The molecule has 0 atom stereocenters. The van der Waals surface area contributed by atoms with E-state index in [1.807, 2.05) is 13.8 Å². The summed E-state index contributed by atoms with van der Waals surface area (Å²) < 4.78 is 42.9. The normalized spacial score (nSPS) is 17.3. The Kier molecular flexibility index (Phi) is 4.23. The zero-order valence-electron chi connectivity index (χ0n) is 9.56. The van der Waals surface area contributed by atoms with Crippen LogP contribution in [0.3, 0.4) is 0 Å². The van der Waals surface area contributed by atoms with Crippen LogP contribution in [-0.4, -0.2) is 12.6 Å². The number of hydrogen-bond acceptors (Lipinski definition) is 1. The van der Waals surface area contributed by atoms with Crippen molar-refractivity contribution < 1.29 is 69.1 Å². The van der Waals surface area contributed by atoms with E-state index < -0.39 is 12.4 Å². The molecule has 0 saturated heterocycles. The molecule has 0 radical (unpaired) electrons. The molecule has 1 aliphatic rings. The minimum atomic E-state index is -4.91. The van der Waals surface area contributed by atoms with Crippen LogP contribution in [0.25, 0.3) is 0 Å². The standard InChI is InChI=1S/C10H11BF3O.K/c1-10(2)6-7-5-8(11(12,13)14)3-4-9(7)15-10;/h3-5H,6H2,1-2H3;/q-1;+1. The predicted octanol–water partition coefficient (Wildman–Crippen LogP) is -0.542. The Hall–Kier alpha value is 0.511. The molecule has 0 aliphatic carbocycles. The van der Waals surface area contributed by atoms with E-state index in [9.17, 15) is 12.9 Å². The summed E-state index contributed by atoms with van der Waals surface area (Å²) in [6.07, 6.45) is 0.530. The molecule has 0 saturated carbocycles. The van der Waals surface area contributed by atoms with Crippen molar-refractivity contribution in [3.8, 4) is 5.75 Å². The first-order valence-electron chi connectivity index (χ1n) is 4.80. The molecule has 0 amide bonds. The van der Waals surface area contributed by atoms with E-state index in [0.717, 1.165) is 6.07 Å². The number of rotatable bonds is 1. The maximum atomic E-state index is 12.5. The van der Waals surface area contributed by atoms with Crippen molar-refractivity contribution in [3.05, 3.63) is 23.8 Å². The fourth-order valence-corrected chi connectivity index (χ4v) is 1.83. The van der Waals surface area contributed by atoms with Gasteiger partial charge in [-0.1, -0.05) is 12.1 Å². The average Bonchev–Trinajstić information content (AvgIpc) is 2.34. The summed E-state index contributed by atoms with van der Waals surface area (Å²) >= 11 is 0. The number of ether oxygens (including phenoxy) is 1. The summed E-state index contributed by atoms with van der Waals surface area (Å²) in [6.45, 7) is -1.17. The molecule has 1 heterocycles. The molecule has 16 heavy (non-hydrogen) atoms. The van der Waals surface area contributed by atoms with Crippen molar-refractivity contribution >= 4 is 12.4 Å².